The molecule has 0 heterocycles. The number of alkyl halides is 4. The minimum Gasteiger partial charge on any atom is -0.366 e. The van der Waals surface area contributed by atoms with Gasteiger partial charge in [-0.2, -0.15) is 24.9 Å². The molecule has 1 amide bonds. The number of carbonyl (C=O) groups is 1. The van der Waals surface area contributed by atoms with Gasteiger partial charge < -0.3 is 5.73 Å². The molecule has 2 nitrogen and oxygen atoms in total. The molecule has 0 radical (unpaired) electrons. The van der Waals surface area contributed by atoms with Gasteiger partial charge in [-0.15, -0.1) is 0 Å². The molecule has 0 saturated heterocycles. The molecule has 1 rings (SSSR count). The fraction of sp³-hybridized carbons (Fsp3) is 0.462. The zero-order valence-corrected chi connectivity index (χ0v) is 11.7. The van der Waals surface area contributed by atoms with E-state index in [1.54, 1.807) is 6.92 Å². The first-order valence-electron chi connectivity index (χ1n) is 5.92. The molecule has 0 fully saturated rings. The summed E-state index contributed by atoms with van der Waals surface area (Å²) in [5.74, 6) is -0.985. The van der Waals surface area contributed by atoms with Crippen LogP contribution in [0, 0.1) is 0 Å². The lowest BCUT2D eigenvalue weighted by Gasteiger charge is -2.20. The van der Waals surface area contributed by atoms with Crippen LogP contribution in [0.15, 0.2) is 18.2 Å². The van der Waals surface area contributed by atoms with Crippen molar-refractivity contribution >= 4 is 17.7 Å². The van der Waals surface area contributed by atoms with Crippen molar-refractivity contribution < 1.29 is 22.4 Å². The van der Waals surface area contributed by atoms with Crippen molar-refractivity contribution in [1.29, 1.82) is 0 Å². The van der Waals surface area contributed by atoms with Crippen molar-refractivity contribution in [2.24, 2.45) is 5.73 Å². The maximum Gasteiger partial charge on any atom is 0.417 e. The van der Waals surface area contributed by atoms with Gasteiger partial charge in [0.2, 0.25) is 5.91 Å². The summed E-state index contributed by atoms with van der Waals surface area (Å²) < 4.78 is 51.5. The molecule has 0 unspecified atom stereocenters. The number of carbonyl (C=O) groups excluding carboxylic acids is 1. The molecular formula is C13H15F4NOS. The third kappa shape index (κ3) is 4.13. The van der Waals surface area contributed by atoms with Crippen LogP contribution in [0.2, 0.25) is 0 Å². The van der Waals surface area contributed by atoms with E-state index in [2.05, 4.69) is 0 Å². The largest absolute Gasteiger partial charge is 0.417 e. The lowest BCUT2D eigenvalue weighted by atomic mass is 9.92. The second-order valence-corrected chi connectivity index (χ2v) is 5.45. The van der Waals surface area contributed by atoms with Crippen LogP contribution in [0.4, 0.5) is 17.6 Å². The fourth-order valence-electron chi connectivity index (χ4n) is 1.91. The van der Waals surface area contributed by atoms with E-state index in [1.807, 2.05) is 0 Å². The van der Waals surface area contributed by atoms with E-state index in [4.69, 9.17) is 5.73 Å². The summed E-state index contributed by atoms with van der Waals surface area (Å²) in [6.45, 7) is 1.09. The quantitative estimate of drug-likeness (QED) is 0.644. The van der Waals surface area contributed by atoms with E-state index >= 15 is 0 Å². The molecule has 0 saturated carbocycles. The normalized spacial score (nSPS) is 13.2. The van der Waals surface area contributed by atoms with Gasteiger partial charge in [-0.3, -0.25) is 9.18 Å². The Kier molecular flexibility index (Phi) is 5.86. The Bertz CT molecular complexity index is 476. The topological polar surface area (TPSA) is 43.1 Å². The highest BCUT2D eigenvalue weighted by Gasteiger charge is 2.38. The van der Waals surface area contributed by atoms with Crippen LogP contribution in [0.5, 0.6) is 0 Å². The third-order valence-corrected chi connectivity index (χ3v) is 3.94. The minimum absolute atomic E-state index is 0.0140. The van der Waals surface area contributed by atoms with E-state index in [0.29, 0.717) is 5.75 Å². The number of hydrogen-bond acceptors (Lipinski definition) is 2. The lowest BCUT2D eigenvalue weighted by Crippen LogP contribution is -2.21. The summed E-state index contributed by atoms with van der Waals surface area (Å²) in [5.41, 5.74) is 3.51. The molecular weight excluding hydrogens is 294 g/mol. The van der Waals surface area contributed by atoms with Crippen LogP contribution < -0.4 is 5.73 Å². The Morgan fingerprint density at radius 3 is 2.55 bits per heavy atom. The van der Waals surface area contributed by atoms with Crippen LogP contribution in [-0.4, -0.2) is 24.1 Å². The van der Waals surface area contributed by atoms with Gasteiger partial charge in [0.15, 0.2) is 0 Å². The molecule has 112 valence electrons. The number of nitrogens with two attached hydrogens (primary N) is 1. The molecule has 0 aliphatic rings. The van der Waals surface area contributed by atoms with Gasteiger partial charge in [0.25, 0.3) is 0 Å². The minimum atomic E-state index is -4.65. The molecule has 0 aliphatic heterocycles. The molecule has 7 heteroatoms. The molecule has 20 heavy (non-hydrogen) atoms. The van der Waals surface area contributed by atoms with Crippen LogP contribution in [-0.2, 0) is 6.18 Å². The lowest BCUT2D eigenvalue weighted by molar-refractivity contribution is -0.138. The Labute approximate surface area is 118 Å². The SMILES string of the molecule is C[C@@H](CSCCF)c1cccc(C(N)=O)c1C(F)(F)F. The Morgan fingerprint density at radius 2 is 2.05 bits per heavy atom. The molecule has 0 bridgehead atoms. The predicted octanol–water partition coefficient (Wildman–Crippen LogP) is 3.61. The molecule has 2 N–H and O–H groups in total. The standard InChI is InChI=1S/C13H15F4NOS/c1-8(7-20-6-5-14)9-3-2-4-10(12(18)19)11(9)13(15,16)17/h2-4,8H,5-7H2,1H3,(H2,18,19)/t8-/m0/s1. The van der Waals surface area contributed by atoms with Crippen molar-refractivity contribution in [3.8, 4) is 0 Å². The molecule has 1 atom stereocenters. The predicted molar refractivity (Wildman–Crippen MR) is 71.7 cm³/mol. The number of rotatable bonds is 6. The summed E-state index contributed by atoms with van der Waals surface area (Å²) in [6, 6.07) is 3.77. The Hall–Kier alpha value is -1.24. The number of amides is 1. The average molecular weight is 309 g/mol. The second kappa shape index (κ2) is 6.97. The first kappa shape index (κ1) is 16.8. The highest BCUT2D eigenvalue weighted by Crippen LogP contribution is 2.38. The third-order valence-electron chi connectivity index (χ3n) is 2.77. The summed E-state index contributed by atoms with van der Waals surface area (Å²) in [4.78, 5) is 11.2. The number of halogens is 4. The summed E-state index contributed by atoms with van der Waals surface area (Å²) in [6.07, 6.45) is -4.65. The maximum atomic E-state index is 13.1. The van der Waals surface area contributed by atoms with E-state index < -0.39 is 35.8 Å². The maximum absolute atomic E-state index is 13.1. The van der Waals surface area contributed by atoms with Crippen molar-refractivity contribution in [3.63, 3.8) is 0 Å². The first-order chi connectivity index (χ1) is 9.29. The summed E-state index contributed by atoms with van der Waals surface area (Å²) in [5, 5.41) is 0. The zero-order chi connectivity index (χ0) is 15.3. The number of thioether (sulfide) groups is 1. The van der Waals surface area contributed by atoms with E-state index in [9.17, 15) is 22.4 Å². The highest BCUT2D eigenvalue weighted by atomic mass is 32.2. The highest BCUT2D eigenvalue weighted by molar-refractivity contribution is 7.99. The average Bonchev–Trinajstić information content (AvgIpc) is 2.36. The van der Waals surface area contributed by atoms with Gasteiger partial charge in [0.05, 0.1) is 17.8 Å². The van der Waals surface area contributed by atoms with Gasteiger partial charge in [0, 0.05) is 5.75 Å². The Balaban J connectivity index is 3.18. The van der Waals surface area contributed by atoms with Crippen molar-refractivity contribution in [1.82, 2.24) is 0 Å². The van der Waals surface area contributed by atoms with Gasteiger partial charge in [0.1, 0.15) is 0 Å². The summed E-state index contributed by atoms with van der Waals surface area (Å²) >= 11 is 1.23. The number of benzene rings is 1. The van der Waals surface area contributed by atoms with Crippen LogP contribution in [0.3, 0.4) is 0 Å². The van der Waals surface area contributed by atoms with Crippen molar-refractivity contribution in [3.05, 3.63) is 34.9 Å². The van der Waals surface area contributed by atoms with Gasteiger partial charge >= 0.3 is 6.18 Å². The second-order valence-electron chi connectivity index (χ2n) is 4.30. The van der Waals surface area contributed by atoms with E-state index in [1.165, 1.54) is 23.9 Å². The zero-order valence-electron chi connectivity index (χ0n) is 10.8. The van der Waals surface area contributed by atoms with Crippen LogP contribution >= 0.6 is 11.8 Å². The molecule has 1 aromatic rings. The number of primary amides is 1. The van der Waals surface area contributed by atoms with Gasteiger partial charge in [-0.1, -0.05) is 19.1 Å². The monoisotopic (exact) mass is 309 g/mol. The smallest absolute Gasteiger partial charge is 0.366 e. The van der Waals surface area contributed by atoms with Crippen molar-refractivity contribution in [2.45, 2.75) is 19.0 Å². The van der Waals surface area contributed by atoms with Gasteiger partial charge in [-0.05, 0) is 23.3 Å². The van der Waals surface area contributed by atoms with Crippen molar-refractivity contribution in [2.75, 3.05) is 18.2 Å². The molecule has 0 aliphatic carbocycles. The number of hydrogen-bond donors (Lipinski definition) is 1. The summed E-state index contributed by atoms with van der Waals surface area (Å²) in [7, 11) is 0. The van der Waals surface area contributed by atoms with Crippen LogP contribution in [0.1, 0.15) is 34.3 Å². The van der Waals surface area contributed by atoms with Crippen LogP contribution in [0.25, 0.3) is 0 Å². The molecule has 1 aromatic carbocycles. The molecule has 0 spiro atoms. The molecule has 0 aromatic heterocycles. The fourth-order valence-corrected chi connectivity index (χ4v) is 2.72. The van der Waals surface area contributed by atoms with E-state index in [-0.39, 0.29) is 11.3 Å². The Morgan fingerprint density at radius 1 is 1.40 bits per heavy atom. The van der Waals surface area contributed by atoms with E-state index in [0.717, 1.165) is 6.07 Å². The van der Waals surface area contributed by atoms with Gasteiger partial charge in [-0.25, -0.2) is 0 Å². The first-order valence-corrected chi connectivity index (χ1v) is 7.08.